The highest BCUT2D eigenvalue weighted by Crippen LogP contribution is 2.49. The van der Waals surface area contributed by atoms with Crippen LogP contribution in [0.25, 0.3) is 11.1 Å². The second-order valence-corrected chi connectivity index (χ2v) is 8.20. The van der Waals surface area contributed by atoms with E-state index in [0.717, 1.165) is 22.3 Å². The Balaban J connectivity index is 1.99. The summed E-state index contributed by atoms with van der Waals surface area (Å²) in [5.41, 5.74) is 4.17. The Morgan fingerprint density at radius 2 is 1.10 bits per heavy atom. The topological polar surface area (TPSA) is 9.23 Å². The normalized spacial score (nSPS) is 11.9. The molecule has 156 valence electrons. The standard InChI is InChI=1S/C26H18BrF3O/c27-25(20-12-6-2-7-13-20,21-14-8-3-9-15-21)24-17-16-22(31-26(28,29)30)18-23(24)19-10-4-1-5-11-19/h1-18H. The van der Waals surface area contributed by atoms with Gasteiger partial charge in [0, 0.05) is 0 Å². The molecule has 0 N–H and O–H groups in total. The first-order valence-corrected chi connectivity index (χ1v) is 10.4. The molecule has 5 heteroatoms. The van der Waals surface area contributed by atoms with E-state index in [0.29, 0.717) is 5.56 Å². The van der Waals surface area contributed by atoms with Gasteiger partial charge in [0.25, 0.3) is 0 Å². The summed E-state index contributed by atoms with van der Waals surface area (Å²) in [5.74, 6) is -0.258. The van der Waals surface area contributed by atoms with Gasteiger partial charge in [-0.3, -0.25) is 0 Å². The van der Waals surface area contributed by atoms with Gasteiger partial charge in [-0.05, 0) is 39.9 Å². The van der Waals surface area contributed by atoms with Crippen molar-refractivity contribution < 1.29 is 17.9 Å². The van der Waals surface area contributed by atoms with Crippen LogP contribution >= 0.6 is 15.9 Å². The molecule has 0 radical (unpaired) electrons. The van der Waals surface area contributed by atoms with Crippen molar-refractivity contribution in [3.63, 3.8) is 0 Å². The SMILES string of the molecule is FC(F)(F)Oc1ccc(C(Br)(c2ccccc2)c2ccccc2)c(-c2ccccc2)c1. The van der Waals surface area contributed by atoms with Gasteiger partial charge in [0.1, 0.15) is 10.1 Å². The molecular formula is C26H18BrF3O. The summed E-state index contributed by atoms with van der Waals surface area (Å²) in [6.07, 6.45) is -4.76. The molecule has 0 heterocycles. The third kappa shape index (κ3) is 4.52. The van der Waals surface area contributed by atoms with Crippen LogP contribution in [0.5, 0.6) is 5.75 Å². The number of ether oxygens (including phenoxy) is 1. The summed E-state index contributed by atoms with van der Waals surface area (Å²) in [4.78, 5) is 0. The molecule has 0 aromatic heterocycles. The Labute approximate surface area is 187 Å². The lowest BCUT2D eigenvalue weighted by molar-refractivity contribution is -0.274. The fraction of sp³-hybridized carbons (Fsp3) is 0.0769. The molecule has 0 aliphatic rings. The predicted molar refractivity (Wildman–Crippen MR) is 120 cm³/mol. The summed E-state index contributed by atoms with van der Waals surface area (Å²) in [6.45, 7) is 0. The zero-order chi connectivity index (χ0) is 21.9. The number of hydrogen-bond acceptors (Lipinski definition) is 1. The largest absolute Gasteiger partial charge is 0.573 e. The Morgan fingerprint density at radius 3 is 1.58 bits per heavy atom. The molecule has 0 fully saturated rings. The van der Waals surface area contributed by atoms with Crippen LogP contribution in [-0.2, 0) is 4.32 Å². The van der Waals surface area contributed by atoms with Crippen molar-refractivity contribution in [1.82, 2.24) is 0 Å². The summed E-state index contributed by atoms with van der Waals surface area (Å²) in [7, 11) is 0. The summed E-state index contributed by atoms with van der Waals surface area (Å²) >= 11 is 3.98. The number of hydrogen-bond donors (Lipinski definition) is 0. The highest BCUT2D eigenvalue weighted by molar-refractivity contribution is 9.10. The number of rotatable bonds is 5. The van der Waals surface area contributed by atoms with Gasteiger partial charge in [0.2, 0.25) is 0 Å². The van der Waals surface area contributed by atoms with Crippen LogP contribution in [0, 0.1) is 0 Å². The van der Waals surface area contributed by atoms with Gasteiger partial charge < -0.3 is 4.74 Å². The highest BCUT2D eigenvalue weighted by Gasteiger charge is 2.37. The number of alkyl halides is 4. The lowest BCUT2D eigenvalue weighted by Crippen LogP contribution is -2.23. The fourth-order valence-electron chi connectivity index (χ4n) is 3.69. The van der Waals surface area contributed by atoms with E-state index in [4.69, 9.17) is 0 Å². The first-order valence-electron chi connectivity index (χ1n) is 9.63. The average molecular weight is 483 g/mol. The minimum atomic E-state index is -4.76. The van der Waals surface area contributed by atoms with Gasteiger partial charge in [-0.15, -0.1) is 13.2 Å². The molecular weight excluding hydrogens is 465 g/mol. The highest BCUT2D eigenvalue weighted by atomic mass is 79.9. The van der Waals surface area contributed by atoms with E-state index in [2.05, 4.69) is 20.7 Å². The van der Waals surface area contributed by atoms with Crippen molar-refractivity contribution in [3.8, 4) is 16.9 Å². The average Bonchev–Trinajstić information content (AvgIpc) is 2.79. The van der Waals surface area contributed by atoms with Crippen LogP contribution < -0.4 is 4.74 Å². The zero-order valence-electron chi connectivity index (χ0n) is 16.3. The predicted octanol–water partition coefficient (Wildman–Crippen LogP) is 7.94. The van der Waals surface area contributed by atoms with Crippen molar-refractivity contribution in [1.29, 1.82) is 0 Å². The molecule has 1 nitrogen and oxygen atoms in total. The van der Waals surface area contributed by atoms with Gasteiger partial charge in [-0.25, -0.2) is 0 Å². The molecule has 0 spiro atoms. The van der Waals surface area contributed by atoms with Crippen LogP contribution in [0.2, 0.25) is 0 Å². The minimum absolute atomic E-state index is 0.258. The van der Waals surface area contributed by atoms with Crippen LogP contribution in [0.15, 0.2) is 109 Å². The Bertz CT molecular complexity index is 1100. The smallest absolute Gasteiger partial charge is 0.406 e. The molecule has 31 heavy (non-hydrogen) atoms. The van der Waals surface area contributed by atoms with E-state index in [-0.39, 0.29) is 5.75 Å². The summed E-state index contributed by atoms with van der Waals surface area (Å²) in [6, 6.07) is 33.4. The zero-order valence-corrected chi connectivity index (χ0v) is 17.9. The molecule has 0 aliphatic carbocycles. The lowest BCUT2D eigenvalue weighted by atomic mass is 9.81. The van der Waals surface area contributed by atoms with E-state index in [9.17, 15) is 13.2 Å². The van der Waals surface area contributed by atoms with Crippen LogP contribution in [0.1, 0.15) is 16.7 Å². The molecule has 0 aliphatic heterocycles. The van der Waals surface area contributed by atoms with Gasteiger partial charge >= 0.3 is 6.36 Å². The molecule has 4 rings (SSSR count). The molecule has 4 aromatic rings. The second kappa shape index (κ2) is 8.60. The van der Waals surface area contributed by atoms with E-state index in [1.807, 2.05) is 91.0 Å². The minimum Gasteiger partial charge on any atom is -0.406 e. The maximum atomic E-state index is 12.9. The van der Waals surface area contributed by atoms with E-state index < -0.39 is 10.7 Å². The van der Waals surface area contributed by atoms with Crippen molar-refractivity contribution in [3.05, 3.63) is 126 Å². The van der Waals surface area contributed by atoms with Crippen LogP contribution in [0.3, 0.4) is 0 Å². The van der Waals surface area contributed by atoms with Gasteiger partial charge in [0.15, 0.2) is 0 Å². The molecule has 4 aromatic carbocycles. The number of halogens is 4. The van der Waals surface area contributed by atoms with Gasteiger partial charge in [0.05, 0.1) is 0 Å². The number of benzene rings is 4. The second-order valence-electron chi connectivity index (χ2n) is 7.01. The van der Waals surface area contributed by atoms with E-state index >= 15 is 0 Å². The first-order chi connectivity index (χ1) is 14.9. The third-order valence-corrected chi connectivity index (χ3v) is 6.37. The summed E-state index contributed by atoms with van der Waals surface area (Å²) < 4.78 is 42.2. The molecule has 0 saturated heterocycles. The van der Waals surface area contributed by atoms with E-state index in [1.54, 1.807) is 6.07 Å². The maximum Gasteiger partial charge on any atom is 0.573 e. The molecule has 0 saturated carbocycles. The summed E-state index contributed by atoms with van der Waals surface area (Å²) in [5, 5.41) is 0. The Morgan fingerprint density at radius 1 is 0.613 bits per heavy atom. The monoisotopic (exact) mass is 482 g/mol. The van der Waals surface area contributed by atoms with Crippen molar-refractivity contribution in [2.24, 2.45) is 0 Å². The third-order valence-electron chi connectivity index (χ3n) is 5.02. The first kappa shape index (κ1) is 21.2. The van der Waals surface area contributed by atoms with Crippen molar-refractivity contribution in [2.75, 3.05) is 0 Å². The van der Waals surface area contributed by atoms with Gasteiger partial charge in [-0.2, -0.15) is 0 Å². The molecule has 0 atom stereocenters. The van der Waals surface area contributed by atoms with Crippen molar-refractivity contribution >= 4 is 15.9 Å². The van der Waals surface area contributed by atoms with Crippen LogP contribution in [-0.4, -0.2) is 6.36 Å². The Hall–Kier alpha value is -3.05. The molecule has 0 unspecified atom stereocenters. The van der Waals surface area contributed by atoms with E-state index in [1.165, 1.54) is 12.1 Å². The molecule has 0 bridgehead atoms. The lowest BCUT2D eigenvalue weighted by Gasteiger charge is -2.32. The Kier molecular flexibility index (Phi) is 5.88. The van der Waals surface area contributed by atoms with Crippen molar-refractivity contribution in [2.45, 2.75) is 10.7 Å². The quantitative estimate of drug-likeness (QED) is 0.207. The fourth-order valence-corrected chi connectivity index (χ4v) is 4.57. The maximum absolute atomic E-state index is 12.9. The van der Waals surface area contributed by atoms with Gasteiger partial charge in [-0.1, -0.05) is 113 Å². The van der Waals surface area contributed by atoms with Crippen LogP contribution in [0.4, 0.5) is 13.2 Å². The molecule has 0 amide bonds.